The molecule has 0 unspecified atom stereocenters. The van der Waals surface area contributed by atoms with Gasteiger partial charge in [-0.25, -0.2) is 0 Å². The molecule has 0 spiro atoms. The van der Waals surface area contributed by atoms with Gasteiger partial charge in [0.2, 0.25) is 0 Å². The Morgan fingerprint density at radius 3 is 1.43 bits per heavy atom. The molecular formula is C12H18Li2. The molecule has 0 saturated carbocycles. The van der Waals surface area contributed by atoms with Gasteiger partial charge in [-0.05, 0) is 23.0 Å². The normalized spacial score (nSPS) is 9.57. The Bertz CT molecular complexity index is 231. The van der Waals surface area contributed by atoms with Gasteiger partial charge < -0.3 is 0 Å². The van der Waals surface area contributed by atoms with E-state index in [1.165, 1.54) is 11.1 Å². The second-order valence-electron chi connectivity index (χ2n) is 3.98. The van der Waals surface area contributed by atoms with Crippen LogP contribution in [0.1, 0.15) is 50.7 Å². The average Bonchev–Trinajstić information content (AvgIpc) is 2.04. The molecule has 0 nitrogen and oxygen atoms in total. The van der Waals surface area contributed by atoms with Crippen LogP contribution in [-0.4, -0.2) is 37.7 Å². The summed E-state index contributed by atoms with van der Waals surface area (Å²) in [6.45, 7) is 8.94. The third-order valence-corrected chi connectivity index (χ3v) is 2.24. The van der Waals surface area contributed by atoms with Crippen LogP contribution >= 0.6 is 0 Å². The number of hydrogen-bond acceptors (Lipinski definition) is 0. The summed E-state index contributed by atoms with van der Waals surface area (Å²) in [4.78, 5) is 0. The van der Waals surface area contributed by atoms with Crippen LogP contribution in [0.25, 0.3) is 0 Å². The summed E-state index contributed by atoms with van der Waals surface area (Å²) in [7, 11) is 0. The molecule has 0 atom stereocenters. The van der Waals surface area contributed by atoms with Crippen molar-refractivity contribution in [2.24, 2.45) is 0 Å². The molecule has 1 aromatic rings. The number of benzene rings is 1. The van der Waals surface area contributed by atoms with Gasteiger partial charge in [0.15, 0.2) is 0 Å². The molecule has 0 aliphatic rings. The summed E-state index contributed by atoms with van der Waals surface area (Å²) in [5.41, 5.74) is 2.89. The quantitative estimate of drug-likeness (QED) is 0.607. The molecule has 2 radical (unpaired) electrons. The Morgan fingerprint density at radius 1 is 0.786 bits per heavy atom. The van der Waals surface area contributed by atoms with Crippen LogP contribution in [0.2, 0.25) is 0 Å². The average molecular weight is 176 g/mol. The van der Waals surface area contributed by atoms with Crippen LogP contribution in [-0.2, 0) is 0 Å². The summed E-state index contributed by atoms with van der Waals surface area (Å²) < 4.78 is 0. The van der Waals surface area contributed by atoms with Gasteiger partial charge in [-0.2, -0.15) is 0 Å². The summed E-state index contributed by atoms with van der Waals surface area (Å²) in [5.74, 6) is 1.28. The molecule has 0 amide bonds. The Balaban J connectivity index is 0. The first-order chi connectivity index (χ1) is 5.61. The zero-order valence-electron chi connectivity index (χ0n) is 10.5. The topological polar surface area (TPSA) is 0 Å². The number of hydrogen-bond donors (Lipinski definition) is 0. The summed E-state index contributed by atoms with van der Waals surface area (Å²) >= 11 is 0. The standard InChI is InChI=1S/C12H18.2Li/c1-9(2)11-6-5-7-12(8-11)10(3)4;;/h5-10H,1-4H3;;. The van der Waals surface area contributed by atoms with Crippen molar-refractivity contribution in [3.05, 3.63) is 35.4 Å². The maximum atomic E-state index is 2.31. The van der Waals surface area contributed by atoms with Crippen molar-refractivity contribution >= 4 is 37.7 Å². The van der Waals surface area contributed by atoms with Crippen molar-refractivity contribution in [2.75, 3.05) is 0 Å². The fourth-order valence-electron chi connectivity index (χ4n) is 1.28. The van der Waals surface area contributed by atoms with Gasteiger partial charge in [-0.3, -0.25) is 0 Å². The molecular weight excluding hydrogens is 158 g/mol. The van der Waals surface area contributed by atoms with Crippen LogP contribution in [0, 0.1) is 0 Å². The van der Waals surface area contributed by atoms with E-state index < -0.39 is 0 Å². The van der Waals surface area contributed by atoms with Crippen molar-refractivity contribution in [1.29, 1.82) is 0 Å². The van der Waals surface area contributed by atoms with Gasteiger partial charge in [0.05, 0.1) is 0 Å². The van der Waals surface area contributed by atoms with Crippen molar-refractivity contribution in [3.63, 3.8) is 0 Å². The van der Waals surface area contributed by atoms with E-state index in [0.717, 1.165) is 0 Å². The van der Waals surface area contributed by atoms with E-state index in [4.69, 9.17) is 0 Å². The first-order valence-electron chi connectivity index (χ1n) is 4.71. The van der Waals surface area contributed by atoms with Gasteiger partial charge in [0, 0.05) is 37.7 Å². The molecule has 0 bridgehead atoms. The predicted molar refractivity (Wildman–Crippen MR) is 66.1 cm³/mol. The van der Waals surface area contributed by atoms with Crippen LogP contribution in [0.5, 0.6) is 0 Å². The largest absolute Gasteiger partial charge is 0.0617 e. The van der Waals surface area contributed by atoms with E-state index in [2.05, 4.69) is 52.0 Å². The molecule has 0 aliphatic carbocycles. The monoisotopic (exact) mass is 176 g/mol. The van der Waals surface area contributed by atoms with E-state index >= 15 is 0 Å². The molecule has 0 fully saturated rings. The Morgan fingerprint density at radius 2 is 1.14 bits per heavy atom. The second kappa shape index (κ2) is 7.67. The summed E-state index contributed by atoms with van der Waals surface area (Å²) in [5, 5.41) is 0. The Labute approximate surface area is 112 Å². The SMILES string of the molecule is CC(C)c1cccc(C(C)C)c1.[Li].[Li]. The summed E-state index contributed by atoms with van der Waals surface area (Å²) in [6.07, 6.45) is 0. The van der Waals surface area contributed by atoms with Gasteiger partial charge in [-0.1, -0.05) is 52.0 Å². The van der Waals surface area contributed by atoms with E-state index in [9.17, 15) is 0 Å². The molecule has 68 valence electrons. The number of rotatable bonds is 2. The van der Waals surface area contributed by atoms with E-state index in [-0.39, 0.29) is 37.7 Å². The minimum absolute atomic E-state index is 0. The zero-order valence-corrected chi connectivity index (χ0v) is 10.5. The van der Waals surface area contributed by atoms with Crippen LogP contribution < -0.4 is 0 Å². The Kier molecular flexibility index (Phi) is 9.22. The van der Waals surface area contributed by atoms with Crippen molar-refractivity contribution in [1.82, 2.24) is 0 Å². The minimum atomic E-state index is 0. The fraction of sp³-hybridized carbons (Fsp3) is 0.500. The molecule has 2 heteroatoms. The van der Waals surface area contributed by atoms with Crippen LogP contribution in [0.15, 0.2) is 24.3 Å². The van der Waals surface area contributed by atoms with E-state index in [1.54, 1.807) is 0 Å². The predicted octanol–water partition coefficient (Wildman–Crippen LogP) is 3.17. The van der Waals surface area contributed by atoms with Gasteiger partial charge in [-0.15, -0.1) is 0 Å². The molecule has 0 N–H and O–H groups in total. The van der Waals surface area contributed by atoms with Crippen molar-refractivity contribution < 1.29 is 0 Å². The molecule has 0 saturated heterocycles. The van der Waals surface area contributed by atoms with Crippen molar-refractivity contribution in [2.45, 2.75) is 39.5 Å². The zero-order chi connectivity index (χ0) is 9.14. The van der Waals surface area contributed by atoms with Crippen LogP contribution in [0.3, 0.4) is 0 Å². The molecule has 14 heavy (non-hydrogen) atoms. The third-order valence-electron chi connectivity index (χ3n) is 2.24. The van der Waals surface area contributed by atoms with Crippen molar-refractivity contribution in [3.8, 4) is 0 Å². The minimum Gasteiger partial charge on any atom is -0.0617 e. The summed E-state index contributed by atoms with van der Waals surface area (Å²) in [6, 6.07) is 8.88. The molecule has 1 rings (SSSR count). The molecule has 1 aromatic carbocycles. The van der Waals surface area contributed by atoms with E-state index in [1.807, 2.05) is 0 Å². The van der Waals surface area contributed by atoms with E-state index in [0.29, 0.717) is 11.8 Å². The Hall–Kier alpha value is 0.415. The van der Waals surface area contributed by atoms with Gasteiger partial charge in [0.25, 0.3) is 0 Å². The molecule has 0 heterocycles. The maximum absolute atomic E-state index is 2.31. The smallest absolute Gasteiger partial charge is 0 e. The van der Waals surface area contributed by atoms with Crippen LogP contribution in [0.4, 0.5) is 0 Å². The molecule has 0 aliphatic heterocycles. The fourth-order valence-corrected chi connectivity index (χ4v) is 1.28. The molecule has 0 aromatic heterocycles. The first kappa shape index (κ1) is 16.8. The van der Waals surface area contributed by atoms with Gasteiger partial charge in [0.1, 0.15) is 0 Å². The third kappa shape index (κ3) is 4.77. The first-order valence-corrected chi connectivity index (χ1v) is 4.71. The second-order valence-corrected chi connectivity index (χ2v) is 3.98. The maximum Gasteiger partial charge on any atom is 0 e. The van der Waals surface area contributed by atoms with Gasteiger partial charge >= 0.3 is 0 Å².